The lowest BCUT2D eigenvalue weighted by Crippen LogP contribution is -2.12. The number of rotatable bonds is 11. The molecule has 0 fully saturated rings. The summed E-state index contributed by atoms with van der Waals surface area (Å²) in [6, 6.07) is 0. The van der Waals surface area contributed by atoms with Crippen molar-refractivity contribution in [3.8, 4) is 0 Å². The standard InChI is InChI=1S/C9H19O5/c1-11-4-5-13-8-9-14-7-6-12-3-2-10/h10H,1-9H2. The molecule has 1 radical (unpaired) electrons. The number of ether oxygens (including phenoxy) is 4. The molecule has 0 aromatic heterocycles. The van der Waals surface area contributed by atoms with E-state index in [1.165, 1.54) is 0 Å². The van der Waals surface area contributed by atoms with E-state index in [1.807, 2.05) is 0 Å². The Kier molecular flexibility index (Phi) is 12.6. The van der Waals surface area contributed by atoms with Gasteiger partial charge in [0, 0.05) is 0 Å². The topological polar surface area (TPSA) is 57.2 Å². The molecule has 0 amide bonds. The molecule has 0 aromatic rings. The van der Waals surface area contributed by atoms with Crippen molar-refractivity contribution >= 4 is 0 Å². The lowest BCUT2D eigenvalue weighted by molar-refractivity contribution is 0.00104. The number of hydrogen-bond donors (Lipinski definition) is 1. The third-order valence-corrected chi connectivity index (χ3v) is 1.35. The molecule has 0 aliphatic rings. The Bertz CT molecular complexity index is 87.2. The summed E-state index contributed by atoms with van der Waals surface area (Å²) in [6.07, 6.45) is 0. The average molecular weight is 207 g/mol. The molecule has 0 aliphatic carbocycles. The summed E-state index contributed by atoms with van der Waals surface area (Å²) in [7, 11) is 3.21. The minimum absolute atomic E-state index is 0.0498. The second kappa shape index (κ2) is 12.8. The maximum atomic E-state index is 8.39. The van der Waals surface area contributed by atoms with E-state index in [2.05, 4.69) is 11.8 Å². The molecule has 0 atom stereocenters. The fourth-order valence-electron chi connectivity index (χ4n) is 0.724. The summed E-state index contributed by atoms with van der Waals surface area (Å²) in [6.45, 7) is 3.56. The third-order valence-electron chi connectivity index (χ3n) is 1.35. The van der Waals surface area contributed by atoms with E-state index in [9.17, 15) is 0 Å². The van der Waals surface area contributed by atoms with E-state index >= 15 is 0 Å². The Morgan fingerprint density at radius 1 is 0.714 bits per heavy atom. The van der Waals surface area contributed by atoms with Crippen LogP contribution in [0.25, 0.3) is 0 Å². The van der Waals surface area contributed by atoms with Crippen molar-refractivity contribution in [2.75, 3.05) is 52.9 Å². The van der Waals surface area contributed by atoms with Crippen LogP contribution in [0.5, 0.6) is 0 Å². The van der Waals surface area contributed by atoms with Crippen LogP contribution in [0.1, 0.15) is 0 Å². The first-order valence-corrected chi connectivity index (χ1v) is 4.63. The van der Waals surface area contributed by atoms with Crippen LogP contribution in [0, 0.1) is 7.11 Å². The summed E-state index contributed by atoms with van der Waals surface area (Å²) >= 11 is 0. The molecule has 0 spiro atoms. The van der Waals surface area contributed by atoms with E-state index in [-0.39, 0.29) is 6.61 Å². The van der Waals surface area contributed by atoms with Crippen LogP contribution >= 0.6 is 0 Å². The predicted octanol–water partition coefficient (Wildman–Crippen LogP) is -0.163. The van der Waals surface area contributed by atoms with Gasteiger partial charge in [0.05, 0.1) is 60.0 Å². The second-order valence-electron chi connectivity index (χ2n) is 2.47. The normalized spacial score (nSPS) is 10.7. The van der Waals surface area contributed by atoms with Crippen molar-refractivity contribution in [3.05, 3.63) is 7.11 Å². The first kappa shape index (κ1) is 13.8. The summed E-state index contributed by atoms with van der Waals surface area (Å²) in [5.41, 5.74) is 0. The van der Waals surface area contributed by atoms with E-state index in [4.69, 9.17) is 19.3 Å². The van der Waals surface area contributed by atoms with Gasteiger partial charge in [0.2, 0.25) is 0 Å². The first-order chi connectivity index (χ1) is 6.91. The Balaban J connectivity index is 2.78. The quantitative estimate of drug-likeness (QED) is 0.477. The van der Waals surface area contributed by atoms with E-state index in [0.29, 0.717) is 46.2 Å². The van der Waals surface area contributed by atoms with Gasteiger partial charge in [0.1, 0.15) is 0 Å². The van der Waals surface area contributed by atoms with Crippen molar-refractivity contribution < 1.29 is 24.1 Å². The molecule has 1 N–H and O–H groups in total. The highest BCUT2D eigenvalue weighted by molar-refractivity contribution is 4.34. The van der Waals surface area contributed by atoms with Crippen molar-refractivity contribution in [1.29, 1.82) is 0 Å². The van der Waals surface area contributed by atoms with Gasteiger partial charge in [0.25, 0.3) is 0 Å². The van der Waals surface area contributed by atoms with Gasteiger partial charge in [-0.3, -0.25) is 0 Å². The number of aliphatic hydroxyl groups is 1. The molecular formula is C9H19O5. The first-order valence-electron chi connectivity index (χ1n) is 4.63. The van der Waals surface area contributed by atoms with Crippen LogP contribution in [0.2, 0.25) is 0 Å². The zero-order valence-corrected chi connectivity index (χ0v) is 8.44. The molecule has 0 rings (SSSR count). The van der Waals surface area contributed by atoms with Crippen LogP contribution in [0.15, 0.2) is 0 Å². The minimum Gasteiger partial charge on any atom is -0.394 e. The maximum absolute atomic E-state index is 8.39. The van der Waals surface area contributed by atoms with Gasteiger partial charge < -0.3 is 24.1 Å². The van der Waals surface area contributed by atoms with Crippen molar-refractivity contribution in [2.24, 2.45) is 0 Å². The largest absolute Gasteiger partial charge is 0.394 e. The fourth-order valence-corrected chi connectivity index (χ4v) is 0.724. The lowest BCUT2D eigenvalue weighted by atomic mass is 10.7. The zero-order chi connectivity index (χ0) is 10.5. The van der Waals surface area contributed by atoms with Gasteiger partial charge in [-0.15, -0.1) is 0 Å². The van der Waals surface area contributed by atoms with Crippen LogP contribution in [-0.2, 0) is 18.9 Å². The second-order valence-corrected chi connectivity index (χ2v) is 2.47. The van der Waals surface area contributed by atoms with E-state index in [1.54, 1.807) is 0 Å². The maximum Gasteiger partial charge on any atom is 0.0701 e. The third kappa shape index (κ3) is 11.8. The highest BCUT2D eigenvalue weighted by Crippen LogP contribution is 1.81. The fraction of sp³-hybridized carbons (Fsp3) is 0.889. The molecule has 0 unspecified atom stereocenters. The molecule has 5 heteroatoms. The molecule has 0 aromatic carbocycles. The lowest BCUT2D eigenvalue weighted by Gasteiger charge is -2.05. The average Bonchev–Trinajstić information content (AvgIpc) is 2.21. The van der Waals surface area contributed by atoms with E-state index < -0.39 is 0 Å². The smallest absolute Gasteiger partial charge is 0.0701 e. The van der Waals surface area contributed by atoms with Gasteiger partial charge in [-0.1, -0.05) is 0 Å². The van der Waals surface area contributed by atoms with Gasteiger partial charge in [0.15, 0.2) is 0 Å². The monoisotopic (exact) mass is 207 g/mol. The van der Waals surface area contributed by atoms with Crippen molar-refractivity contribution in [1.82, 2.24) is 0 Å². The molecule has 14 heavy (non-hydrogen) atoms. The van der Waals surface area contributed by atoms with Crippen LogP contribution in [0.4, 0.5) is 0 Å². The zero-order valence-electron chi connectivity index (χ0n) is 8.44. The molecule has 0 bridgehead atoms. The van der Waals surface area contributed by atoms with Crippen molar-refractivity contribution in [3.63, 3.8) is 0 Å². The van der Waals surface area contributed by atoms with Gasteiger partial charge in [-0.25, -0.2) is 0 Å². The van der Waals surface area contributed by atoms with E-state index in [0.717, 1.165) is 0 Å². The molecule has 0 aliphatic heterocycles. The van der Waals surface area contributed by atoms with Gasteiger partial charge in [-0.2, -0.15) is 0 Å². The summed E-state index contributed by atoms with van der Waals surface area (Å²) in [4.78, 5) is 0. The molecule has 5 nitrogen and oxygen atoms in total. The SMILES string of the molecule is [CH2]OCCOCCOCCOCCO. The molecule has 0 saturated heterocycles. The van der Waals surface area contributed by atoms with Gasteiger partial charge in [-0.05, 0) is 0 Å². The summed E-state index contributed by atoms with van der Waals surface area (Å²) in [5, 5.41) is 8.39. The molecule has 0 heterocycles. The van der Waals surface area contributed by atoms with Gasteiger partial charge >= 0.3 is 0 Å². The number of aliphatic hydroxyl groups excluding tert-OH is 1. The van der Waals surface area contributed by atoms with Crippen LogP contribution in [-0.4, -0.2) is 58.0 Å². The molecule has 0 saturated carbocycles. The van der Waals surface area contributed by atoms with Crippen LogP contribution < -0.4 is 0 Å². The highest BCUT2D eigenvalue weighted by Gasteiger charge is 1.90. The minimum atomic E-state index is 0.0498. The summed E-state index contributed by atoms with van der Waals surface area (Å²) < 4.78 is 19.8. The number of hydrogen-bond acceptors (Lipinski definition) is 5. The van der Waals surface area contributed by atoms with Crippen molar-refractivity contribution in [2.45, 2.75) is 0 Å². The van der Waals surface area contributed by atoms with Crippen LogP contribution in [0.3, 0.4) is 0 Å². The Labute approximate surface area is 84.9 Å². The molecule has 85 valence electrons. The highest BCUT2D eigenvalue weighted by atomic mass is 16.6. The Morgan fingerprint density at radius 3 is 1.57 bits per heavy atom. The summed E-state index contributed by atoms with van der Waals surface area (Å²) in [5.74, 6) is 0. The molecular weight excluding hydrogens is 188 g/mol. The predicted molar refractivity (Wildman–Crippen MR) is 50.9 cm³/mol. The Morgan fingerprint density at radius 2 is 1.14 bits per heavy atom. The Hall–Kier alpha value is -0.200.